The number of nitrogens with two attached hydrogens (primary N) is 1. The predicted octanol–water partition coefficient (Wildman–Crippen LogP) is 3.26. The summed E-state index contributed by atoms with van der Waals surface area (Å²) in [4.78, 5) is 0. The number of benzene rings is 1. The maximum absolute atomic E-state index is 13.2. The molecule has 4 heteroatoms. The molecule has 1 aromatic carbocycles. The third-order valence-electron chi connectivity index (χ3n) is 2.14. The maximum Gasteiger partial charge on any atom is 0.166 e. The van der Waals surface area contributed by atoms with Crippen molar-refractivity contribution >= 4 is 15.9 Å². The molecule has 0 saturated carbocycles. The van der Waals surface area contributed by atoms with Gasteiger partial charge in [-0.2, -0.15) is 0 Å². The Morgan fingerprint density at radius 3 is 2.87 bits per heavy atom. The summed E-state index contributed by atoms with van der Waals surface area (Å²) in [5.41, 5.74) is 6.24. The minimum atomic E-state index is -0.659. The van der Waals surface area contributed by atoms with Crippen LogP contribution >= 0.6 is 15.9 Å². The van der Waals surface area contributed by atoms with E-state index in [4.69, 9.17) is 5.73 Å². The van der Waals surface area contributed by atoms with Crippen molar-refractivity contribution in [1.29, 1.82) is 0 Å². The molecule has 0 spiro atoms. The standard InChI is InChI=1S/C11H13BrFNO/c1-2-3-4-10(14)8-5-7(12)6-9(13)11(8)15/h2,5-6,10,15H,1,3-4,14H2/t10-/m1/s1. The van der Waals surface area contributed by atoms with Crippen LogP contribution in [0.25, 0.3) is 0 Å². The van der Waals surface area contributed by atoms with E-state index in [-0.39, 0.29) is 11.8 Å². The number of phenols is 1. The summed E-state index contributed by atoms with van der Waals surface area (Å²) in [6.45, 7) is 3.58. The summed E-state index contributed by atoms with van der Waals surface area (Å²) in [5.74, 6) is -1.02. The number of hydrogen-bond acceptors (Lipinski definition) is 2. The summed E-state index contributed by atoms with van der Waals surface area (Å²) < 4.78 is 13.7. The van der Waals surface area contributed by atoms with Gasteiger partial charge in [-0.15, -0.1) is 6.58 Å². The lowest BCUT2D eigenvalue weighted by Gasteiger charge is -2.13. The molecule has 0 aromatic heterocycles. The highest BCUT2D eigenvalue weighted by Crippen LogP contribution is 2.31. The van der Waals surface area contributed by atoms with Crippen LogP contribution in [0, 0.1) is 5.82 Å². The van der Waals surface area contributed by atoms with Crippen molar-refractivity contribution in [2.24, 2.45) is 5.73 Å². The van der Waals surface area contributed by atoms with Gasteiger partial charge in [0.1, 0.15) is 0 Å². The Morgan fingerprint density at radius 2 is 2.27 bits per heavy atom. The Kier molecular flexibility index (Phi) is 4.29. The van der Waals surface area contributed by atoms with Gasteiger partial charge >= 0.3 is 0 Å². The average Bonchev–Trinajstić information content (AvgIpc) is 2.19. The van der Waals surface area contributed by atoms with Crippen molar-refractivity contribution in [3.05, 3.63) is 40.6 Å². The third-order valence-corrected chi connectivity index (χ3v) is 2.60. The van der Waals surface area contributed by atoms with Gasteiger partial charge < -0.3 is 10.8 Å². The molecule has 0 aliphatic heterocycles. The van der Waals surface area contributed by atoms with Crippen LogP contribution in [0.5, 0.6) is 5.75 Å². The van der Waals surface area contributed by atoms with Crippen LogP contribution in [-0.4, -0.2) is 5.11 Å². The fourth-order valence-electron chi connectivity index (χ4n) is 1.32. The molecule has 1 rings (SSSR count). The molecule has 3 N–H and O–H groups in total. The number of hydrogen-bond donors (Lipinski definition) is 2. The van der Waals surface area contributed by atoms with Gasteiger partial charge in [0.25, 0.3) is 0 Å². The lowest BCUT2D eigenvalue weighted by molar-refractivity contribution is 0.418. The molecule has 0 aliphatic carbocycles. The van der Waals surface area contributed by atoms with Gasteiger partial charge in [-0.05, 0) is 25.0 Å². The molecule has 82 valence electrons. The second-order valence-corrected chi connectivity index (χ2v) is 4.21. The van der Waals surface area contributed by atoms with Gasteiger partial charge in [0.2, 0.25) is 0 Å². The van der Waals surface area contributed by atoms with E-state index in [1.54, 1.807) is 12.1 Å². The van der Waals surface area contributed by atoms with Crippen molar-refractivity contribution in [3.63, 3.8) is 0 Å². The molecular weight excluding hydrogens is 261 g/mol. The molecule has 0 heterocycles. The SMILES string of the molecule is C=CCC[C@@H](N)c1cc(Br)cc(F)c1O. The number of aromatic hydroxyl groups is 1. The molecule has 0 unspecified atom stereocenters. The number of rotatable bonds is 4. The first-order valence-corrected chi connectivity index (χ1v) is 5.40. The molecule has 0 aliphatic rings. The Morgan fingerprint density at radius 1 is 1.60 bits per heavy atom. The Balaban J connectivity index is 2.96. The second-order valence-electron chi connectivity index (χ2n) is 3.30. The van der Waals surface area contributed by atoms with E-state index in [1.165, 1.54) is 6.07 Å². The summed E-state index contributed by atoms with van der Waals surface area (Å²) in [6.07, 6.45) is 3.10. The summed E-state index contributed by atoms with van der Waals surface area (Å²) in [7, 11) is 0. The van der Waals surface area contributed by atoms with Crippen molar-refractivity contribution in [2.45, 2.75) is 18.9 Å². The fraction of sp³-hybridized carbons (Fsp3) is 0.273. The zero-order valence-electron chi connectivity index (χ0n) is 8.21. The molecular formula is C11H13BrFNO. The van der Waals surface area contributed by atoms with Crippen molar-refractivity contribution in [2.75, 3.05) is 0 Å². The smallest absolute Gasteiger partial charge is 0.166 e. The number of halogens is 2. The van der Waals surface area contributed by atoms with E-state index in [1.807, 2.05) is 0 Å². The number of phenolic OH excluding ortho intramolecular Hbond substituents is 1. The van der Waals surface area contributed by atoms with Gasteiger partial charge in [-0.25, -0.2) is 4.39 Å². The summed E-state index contributed by atoms with van der Waals surface area (Å²) in [5, 5.41) is 9.49. The number of allylic oxidation sites excluding steroid dienone is 1. The largest absolute Gasteiger partial charge is 0.505 e. The Hall–Kier alpha value is -0.870. The highest BCUT2D eigenvalue weighted by atomic mass is 79.9. The minimum Gasteiger partial charge on any atom is -0.505 e. The Bertz CT molecular complexity index is 368. The molecule has 0 amide bonds. The lowest BCUT2D eigenvalue weighted by atomic mass is 10.0. The van der Waals surface area contributed by atoms with Gasteiger partial charge in [0.15, 0.2) is 11.6 Å². The predicted molar refractivity (Wildman–Crippen MR) is 62.1 cm³/mol. The van der Waals surface area contributed by atoms with Gasteiger partial charge in [-0.1, -0.05) is 22.0 Å². The lowest BCUT2D eigenvalue weighted by Crippen LogP contribution is -2.10. The molecule has 15 heavy (non-hydrogen) atoms. The van der Waals surface area contributed by atoms with Crippen LogP contribution in [0.4, 0.5) is 4.39 Å². The Labute approximate surface area is 96.7 Å². The summed E-state index contributed by atoms with van der Waals surface area (Å²) in [6, 6.07) is 2.46. The van der Waals surface area contributed by atoms with Crippen LogP contribution in [0.3, 0.4) is 0 Å². The van der Waals surface area contributed by atoms with Crippen LogP contribution in [0.2, 0.25) is 0 Å². The first kappa shape index (κ1) is 12.2. The van der Waals surface area contributed by atoms with Crippen LogP contribution in [0.1, 0.15) is 24.4 Å². The highest BCUT2D eigenvalue weighted by Gasteiger charge is 2.14. The average molecular weight is 274 g/mol. The maximum atomic E-state index is 13.2. The molecule has 1 atom stereocenters. The topological polar surface area (TPSA) is 46.2 Å². The van der Waals surface area contributed by atoms with Crippen molar-refractivity contribution in [1.82, 2.24) is 0 Å². The fourth-order valence-corrected chi connectivity index (χ4v) is 1.77. The third kappa shape index (κ3) is 3.04. The molecule has 0 bridgehead atoms. The van der Waals surface area contributed by atoms with E-state index in [0.29, 0.717) is 16.5 Å². The highest BCUT2D eigenvalue weighted by molar-refractivity contribution is 9.10. The van der Waals surface area contributed by atoms with Crippen molar-refractivity contribution in [3.8, 4) is 5.75 Å². The quantitative estimate of drug-likeness (QED) is 0.828. The van der Waals surface area contributed by atoms with E-state index in [9.17, 15) is 9.50 Å². The molecule has 0 radical (unpaired) electrons. The molecule has 1 aromatic rings. The minimum absolute atomic E-state index is 0.366. The summed E-state index contributed by atoms with van der Waals surface area (Å²) >= 11 is 3.16. The molecule has 0 fully saturated rings. The van der Waals surface area contributed by atoms with E-state index in [2.05, 4.69) is 22.5 Å². The first-order chi connectivity index (χ1) is 7.06. The van der Waals surface area contributed by atoms with Crippen LogP contribution in [-0.2, 0) is 0 Å². The van der Waals surface area contributed by atoms with Crippen LogP contribution in [0.15, 0.2) is 29.3 Å². The normalized spacial score (nSPS) is 12.5. The van der Waals surface area contributed by atoms with E-state index >= 15 is 0 Å². The first-order valence-electron chi connectivity index (χ1n) is 4.60. The molecule has 2 nitrogen and oxygen atoms in total. The van der Waals surface area contributed by atoms with Gasteiger partial charge in [0, 0.05) is 16.1 Å². The van der Waals surface area contributed by atoms with E-state index < -0.39 is 5.82 Å². The van der Waals surface area contributed by atoms with Crippen LogP contribution < -0.4 is 5.73 Å². The zero-order chi connectivity index (χ0) is 11.4. The van der Waals surface area contributed by atoms with E-state index in [0.717, 1.165) is 6.42 Å². The van der Waals surface area contributed by atoms with Gasteiger partial charge in [-0.3, -0.25) is 0 Å². The monoisotopic (exact) mass is 273 g/mol. The zero-order valence-corrected chi connectivity index (χ0v) is 9.80. The second kappa shape index (κ2) is 5.28. The molecule has 0 saturated heterocycles. The van der Waals surface area contributed by atoms with Gasteiger partial charge in [0.05, 0.1) is 0 Å². The van der Waals surface area contributed by atoms with Crippen molar-refractivity contribution < 1.29 is 9.50 Å².